The number of aromatic nitrogens is 2. The number of anilines is 3. The van der Waals surface area contributed by atoms with Gasteiger partial charge in [0.2, 0.25) is 5.95 Å². The average Bonchev–Trinajstić information content (AvgIpc) is 2.54. The van der Waals surface area contributed by atoms with Crippen molar-refractivity contribution in [2.24, 2.45) is 5.41 Å². The van der Waals surface area contributed by atoms with Crippen LogP contribution in [0.25, 0.3) is 0 Å². The van der Waals surface area contributed by atoms with Gasteiger partial charge in [0.15, 0.2) is 0 Å². The van der Waals surface area contributed by atoms with E-state index in [-0.39, 0.29) is 19.2 Å². The van der Waals surface area contributed by atoms with Gasteiger partial charge in [-0.2, -0.15) is 9.97 Å². The zero-order valence-electron chi connectivity index (χ0n) is 13.6. The van der Waals surface area contributed by atoms with Crippen molar-refractivity contribution in [2.75, 3.05) is 48.8 Å². The Morgan fingerprint density at radius 2 is 2.22 bits per heavy atom. The Hall–Kier alpha value is -1.64. The van der Waals surface area contributed by atoms with Crippen molar-refractivity contribution >= 4 is 17.6 Å². The van der Waals surface area contributed by atoms with Crippen LogP contribution in [0.2, 0.25) is 0 Å². The van der Waals surface area contributed by atoms with Gasteiger partial charge in [-0.1, -0.05) is 13.3 Å². The Balaban J connectivity index is 2.22. The van der Waals surface area contributed by atoms with E-state index in [0.29, 0.717) is 37.7 Å². The molecule has 1 aliphatic heterocycles. The molecule has 8 nitrogen and oxygen atoms in total. The van der Waals surface area contributed by atoms with Crippen molar-refractivity contribution < 1.29 is 15.3 Å². The number of nitrogens with one attached hydrogen (secondary N) is 1. The molecule has 1 saturated heterocycles. The Bertz CT molecular complexity index is 516. The summed E-state index contributed by atoms with van der Waals surface area (Å²) >= 11 is 0. The average molecular weight is 325 g/mol. The van der Waals surface area contributed by atoms with Crippen molar-refractivity contribution in [3.8, 4) is 0 Å². The molecule has 6 N–H and O–H groups in total. The molecule has 0 bridgehead atoms. The fraction of sp³-hybridized carbons (Fsp3) is 0.733. The number of nitrogens with two attached hydrogens (primary N) is 1. The molecule has 0 aromatic carbocycles. The molecule has 2 heterocycles. The molecule has 1 aromatic heterocycles. The highest BCUT2D eigenvalue weighted by molar-refractivity contribution is 5.53. The molecule has 2 rings (SSSR count). The Morgan fingerprint density at radius 1 is 1.43 bits per heavy atom. The Morgan fingerprint density at radius 3 is 2.87 bits per heavy atom. The van der Waals surface area contributed by atoms with Crippen LogP contribution in [-0.4, -0.2) is 64.2 Å². The summed E-state index contributed by atoms with van der Waals surface area (Å²) in [6.07, 6.45) is 1.69. The van der Waals surface area contributed by atoms with Gasteiger partial charge in [-0.3, -0.25) is 0 Å². The van der Waals surface area contributed by atoms with E-state index in [2.05, 4.69) is 15.3 Å². The summed E-state index contributed by atoms with van der Waals surface area (Å²) < 4.78 is 0. The first-order chi connectivity index (χ1) is 11.0. The molecule has 1 aliphatic rings. The van der Waals surface area contributed by atoms with Crippen LogP contribution in [0.15, 0.2) is 6.07 Å². The molecule has 0 spiro atoms. The third-order valence-corrected chi connectivity index (χ3v) is 4.42. The number of nitrogen functional groups attached to an aromatic ring is 1. The largest absolute Gasteiger partial charge is 0.396 e. The molecular formula is C15H27N5O3. The van der Waals surface area contributed by atoms with E-state index in [4.69, 9.17) is 10.8 Å². The highest BCUT2D eigenvalue weighted by atomic mass is 16.3. The number of hydrogen-bond acceptors (Lipinski definition) is 8. The van der Waals surface area contributed by atoms with Crippen molar-refractivity contribution in [1.29, 1.82) is 0 Å². The zero-order chi connectivity index (χ0) is 16.9. The van der Waals surface area contributed by atoms with Gasteiger partial charge in [-0.25, -0.2) is 0 Å². The second-order valence-electron chi connectivity index (χ2n) is 6.12. The van der Waals surface area contributed by atoms with Gasteiger partial charge >= 0.3 is 0 Å². The molecule has 8 heteroatoms. The SMILES string of the molecule is CCC[C@@]1(CO)CN(c2cc(NCCO)nc(N)n2)CC[C@H]1O. The fourth-order valence-corrected chi connectivity index (χ4v) is 3.21. The second-order valence-corrected chi connectivity index (χ2v) is 6.12. The third kappa shape index (κ3) is 4.01. The molecule has 2 atom stereocenters. The molecule has 0 radical (unpaired) electrons. The molecule has 1 fully saturated rings. The summed E-state index contributed by atoms with van der Waals surface area (Å²) in [5, 5.41) is 32.1. The van der Waals surface area contributed by atoms with Crippen LogP contribution in [0, 0.1) is 5.41 Å². The van der Waals surface area contributed by atoms with Crippen molar-refractivity contribution in [3.05, 3.63) is 6.07 Å². The summed E-state index contributed by atoms with van der Waals surface area (Å²) in [6.45, 7) is 3.53. The molecule has 23 heavy (non-hydrogen) atoms. The standard InChI is InChI=1S/C15H27N5O3/c1-2-4-15(10-22)9-20(6-3-11(15)23)13-8-12(17-5-7-21)18-14(16)19-13/h8,11,21-23H,2-7,9-10H2,1H3,(H3,16,17,18,19)/t11-,15+/m1/s1. The predicted molar refractivity (Wildman–Crippen MR) is 89.3 cm³/mol. The minimum absolute atomic E-state index is 0.000723. The number of hydrogen-bond donors (Lipinski definition) is 5. The van der Waals surface area contributed by atoms with Crippen molar-refractivity contribution in [2.45, 2.75) is 32.3 Å². The maximum Gasteiger partial charge on any atom is 0.223 e. The number of aliphatic hydroxyl groups is 3. The normalized spacial score (nSPS) is 24.7. The van der Waals surface area contributed by atoms with E-state index in [9.17, 15) is 10.2 Å². The van der Waals surface area contributed by atoms with E-state index in [1.165, 1.54) is 0 Å². The van der Waals surface area contributed by atoms with E-state index >= 15 is 0 Å². The summed E-state index contributed by atoms with van der Waals surface area (Å²) in [5.74, 6) is 1.37. The summed E-state index contributed by atoms with van der Waals surface area (Å²) in [6, 6.07) is 1.78. The minimum atomic E-state index is -0.536. The van der Waals surface area contributed by atoms with E-state index < -0.39 is 11.5 Å². The zero-order valence-corrected chi connectivity index (χ0v) is 13.6. The van der Waals surface area contributed by atoms with Gasteiger partial charge < -0.3 is 31.3 Å². The molecule has 0 saturated carbocycles. The van der Waals surface area contributed by atoms with Crippen LogP contribution in [0.1, 0.15) is 26.2 Å². The van der Waals surface area contributed by atoms with Crippen LogP contribution in [0.5, 0.6) is 0 Å². The van der Waals surface area contributed by atoms with E-state index in [1.54, 1.807) is 6.07 Å². The van der Waals surface area contributed by atoms with Crippen molar-refractivity contribution in [3.63, 3.8) is 0 Å². The number of rotatable bonds is 7. The lowest BCUT2D eigenvalue weighted by atomic mass is 9.74. The second kappa shape index (κ2) is 7.76. The van der Waals surface area contributed by atoms with Crippen LogP contribution in [-0.2, 0) is 0 Å². The number of aliphatic hydroxyl groups excluding tert-OH is 3. The molecular weight excluding hydrogens is 298 g/mol. The smallest absolute Gasteiger partial charge is 0.223 e. The molecule has 0 aliphatic carbocycles. The van der Waals surface area contributed by atoms with Crippen LogP contribution in [0.3, 0.4) is 0 Å². The highest BCUT2D eigenvalue weighted by Crippen LogP contribution is 2.36. The first kappa shape index (κ1) is 17.7. The first-order valence-electron chi connectivity index (χ1n) is 8.08. The monoisotopic (exact) mass is 325 g/mol. The lowest BCUT2D eigenvalue weighted by Crippen LogP contribution is -2.54. The van der Waals surface area contributed by atoms with E-state index in [1.807, 2.05) is 11.8 Å². The summed E-state index contributed by atoms with van der Waals surface area (Å²) in [7, 11) is 0. The quantitative estimate of drug-likeness (QED) is 0.467. The number of piperidine rings is 1. The van der Waals surface area contributed by atoms with Gasteiger partial charge in [-0.05, 0) is 12.8 Å². The predicted octanol–water partition coefficient (Wildman–Crippen LogP) is -0.187. The minimum Gasteiger partial charge on any atom is -0.396 e. The number of nitrogens with zero attached hydrogens (tertiary/aromatic N) is 3. The van der Waals surface area contributed by atoms with E-state index in [0.717, 1.165) is 12.8 Å². The summed E-state index contributed by atoms with van der Waals surface area (Å²) in [4.78, 5) is 10.4. The van der Waals surface area contributed by atoms with Gasteiger partial charge in [-0.15, -0.1) is 0 Å². The fourth-order valence-electron chi connectivity index (χ4n) is 3.21. The maximum atomic E-state index is 10.4. The van der Waals surface area contributed by atoms with Gasteiger partial charge in [0.25, 0.3) is 0 Å². The lowest BCUT2D eigenvalue weighted by molar-refractivity contribution is -0.0353. The van der Waals surface area contributed by atoms with Gasteiger partial charge in [0.05, 0.1) is 19.3 Å². The molecule has 0 unspecified atom stereocenters. The Labute approximate surface area is 136 Å². The van der Waals surface area contributed by atoms with Crippen LogP contribution >= 0.6 is 0 Å². The van der Waals surface area contributed by atoms with Crippen LogP contribution < -0.4 is 16.0 Å². The van der Waals surface area contributed by atoms with Crippen LogP contribution in [0.4, 0.5) is 17.6 Å². The lowest BCUT2D eigenvalue weighted by Gasteiger charge is -2.45. The molecule has 130 valence electrons. The Kier molecular flexibility index (Phi) is 5.97. The topological polar surface area (TPSA) is 128 Å². The van der Waals surface area contributed by atoms with Gasteiger partial charge in [0.1, 0.15) is 11.6 Å². The summed E-state index contributed by atoms with van der Waals surface area (Å²) in [5.41, 5.74) is 5.24. The van der Waals surface area contributed by atoms with Gasteiger partial charge in [0, 0.05) is 31.1 Å². The molecule has 1 aromatic rings. The third-order valence-electron chi connectivity index (χ3n) is 4.42. The first-order valence-corrected chi connectivity index (χ1v) is 8.08. The molecule has 0 amide bonds. The highest BCUT2D eigenvalue weighted by Gasteiger charge is 2.42. The maximum absolute atomic E-state index is 10.4. The van der Waals surface area contributed by atoms with Crippen molar-refractivity contribution in [1.82, 2.24) is 9.97 Å².